The zero-order chi connectivity index (χ0) is 14.0. The van der Waals surface area contributed by atoms with Crippen LogP contribution in [0.5, 0.6) is 5.75 Å². The first kappa shape index (κ1) is 12.7. The highest BCUT2D eigenvalue weighted by atomic mass is 16.5. The topological polar surface area (TPSA) is 51.2 Å². The first-order valence-corrected chi connectivity index (χ1v) is 6.61. The number of hydrogen-bond acceptors (Lipinski definition) is 3. The van der Waals surface area contributed by atoms with Crippen LogP contribution in [0, 0.1) is 0 Å². The summed E-state index contributed by atoms with van der Waals surface area (Å²) in [6, 6.07) is 11.4. The van der Waals surface area contributed by atoms with Crippen molar-refractivity contribution in [2.45, 2.75) is 18.3 Å². The molecule has 1 heterocycles. The van der Waals surface area contributed by atoms with Crippen LogP contribution in [-0.2, 0) is 10.2 Å². The summed E-state index contributed by atoms with van der Waals surface area (Å²) in [6.45, 7) is 0. The van der Waals surface area contributed by atoms with Gasteiger partial charge in [-0.2, -0.15) is 0 Å². The summed E-state index contributed by atoms with van der Waals surface area (Å²) in [4.78, 5) is 16.5. The standard InChI is InChI=1S/C16H16N2O2/c1-20-14-6-4-12(5-7-14)16(8-9-16)15(19)18-13-3-2-10-17-11-13/h2-7,10-11H,8-9H2,1H3,(H,18,19). The normalized spacial score (nSPS) is 15.4. The smallest absolute Gasteiger partial charge is 0.235 e. The molecule has 0 radical (unpaired) electrons. The highest BCUT2D eigenvalue weighted by Gasteiger charge is 2.51. The molecule has 102 valence electrons. The molecular formula is C16H16N2O2. The third-order valence-corrected chi connectivity index (χ3v) is 3.75. The number of ether oxygens (including phenoxy) is 1. The van der Waals surface area contributed by atoms with Crippen LogP contribution in [0.3, 0.4) is 0 Å². The summed E-state index contributed by atoms with van der Waals surface area (Å²) in [5.41, 5.74) is 1.39. The van der Waals surface area contributed by atoms with E-state index in [2.05, 4.69) is 10.3 Å². The molecule has 1 amide bonds. The molecule has 2 aromatic rings. The number of carbonyl (C=O) groups excluding carboxylic acids is 1. The van der Waals surface area contributed by atoms with E-state index in [9.17, 15) is 4.79 Å². The lowest BCUT2D eigenvalue weighted by atomic mass is 9.95. The lowest BCUT2D eigenvalue weighted by Gasteiger charge is -2.16. The van der Waals surface area contributed by atoms with E-state index in [4.69, 9.17) is 4.74 Å². The quantitative estimate of drug-likeness (QED) is 0.927. The molecule has 0 bridgehead atoms. The number of carbonyl (C=O) groups is 1. The number of benzene rings is 1. The number of hydrogen-bond donors (Lipinski definition) is 1. The van der Waals surface area contributed by atoms with Crippen molar-refractivity contribution >= 4 is 11.6 Å². The Hall–Kier alpha value is -2.36. The molecule has 1 aliphatic rings. The number of anilines is 1. The molecule has 1 fully saturated rings. The van der Waals surface area contributed by atoms with Gasteiger partial charge >= 0.3 is 0 Å². The lowest BCUT2D eigenvalue weighted by Crippen LogP contribution is -2.27. The maximum absolute atomic E-state index is 12.5. The summed E-state index contributed by atoms with van der Waals surface area (Å²) in [5.74, 6) is 0.841. The van der Waals surface area contributed by atoms with Gasteiger partial charge in [0.25, 0.3) is 0 Å². The molecular weight excluding hydrogens is 252 g/mol. The van der Waals surface area contributed by atoms with Gasteiger partial charge in [0.1, 0.15) is 5.75 Å². The van der Waals surface area contributed by atoms with Gasteiger partial charge in [0.2, 0.25) is 5.91 Å². The summed E-state index contributed by atoms with van der Waals surface area (Å²) in [7, 11) is 1.64. The van der Waals surface area contributed by atoms with Gasteiger partial charge in [-0.3, -0.25) is 9.78 Å². The van der Waals surface area contributed by atoms with E-state index >= 15 is 0 Å². The minimum Gasteiger partial charge on any atom is -0.497 e. The highest BCUT2D eigenvalue weighted by Crippen LogP contribution is 2.49. The van der Waals surface area contributed by atoms with Crippen LogP contribution >= 0.6 is 0 Å². The molecule has 4 nitrogen and oxygen atoms in total. The van der Waals surface area contributed by atoms with E-state index in [0.29, 0.717) is 0 Å². The number of nitrogens with one attached hydrogen (secondary N) is 1. The van der Waals surface area contributed by atoms with E-state index < -0.39 is 0 Å². The van der Waals surface area contributed by atoms with E-state index in [1.54, 1.807) is 19.5 Å². The van der Waals surface area contributed by atoms with E-state index in [-0.39, 0.29) is 11.3 Å². The van der Waals surface area contributed by atoms with Crippen LogP contribution in [-0.4, -0.2) is 18.0 Å². The molecule has 20 heavy (non-hydrogen) atoms. The molecule has 1 aromatic carbocycles. The van der Waals surface area contributed by atoms with Gasteiger partial charge in [0, 0.05) is 6.20 Å². The van der Waals surface area contributed by atoms with Gasteiger partial charge in [-0.15, -0.1) is 0 Å². The number of aromatic nitrogens is 1. The monoisotopic (exact) mass is 268 g/mol. The molecule has 0 aliphatic heterocycles. The number of rotatable bonds is 4. The minimum atomic E-state index is -0.387. The fraction of sp³-hybridized carbons (Fsp3) is 0.250. The van der Waals surface area contributed by atoms with Gasteiger partial charge < -0.3 is 10.1 Å². The van der Waals surface area contributed by atoms with Gasteiger partial charge in [0.05, 0.1) is 24.4 Å². The molecule has 0 saturated heterocycles. The van der Waals surface area contributed by atoms with Crippen molar-refractivity contribution in [3.63, 3.8) is 0 Å². The van der Waals surface area contributed by atoms with Crippen LogP contribution < -0.4 is 10.1 Å². The summed E-state index contributed by atoms with van der Waals surface area (Å²) >= 11 is 0. The number of methoxy groups -OCH3 is 1. The largest absolute Gasteiger partial charge is 0.497 e. The first-order valence-electron chi connectivity index (χ1n) is 6.61. The van der Waals surface area contributed by atoms with Crippen LogP contribution in [0.15, 0.2) is 48.8 Å². The van der Waals surface area contributed by atoms with Crippen LogP contribution in [0.2, 0.25) is 0 Å². The number of amides is 1. The predicted octanol–water partition coefficient (Wildman–Crippen LogP) is 2.76. The molecule has 0 unspecified atom stereocenters. The Bertz CT molecular complexity index is 604. The maximum atomic E-state index is 12.5. The van der Waals surface area contributed by atoms with Gasteiger partial charge in [0.15, 0.2) is 0 Å². The van der Waals surface area contributed by atoms with Crippen molar-refractivity contribution < 1.29 is 9.53 Å². The Morgan fingerprint density at radius 3 is 2.55 bits per heavy atom. The molecule has 1 aromatic heterocycles. The van der Waals surface area contributed by atoms with E-state index in [0.717, 1.165) is 29.8 Å². The fourth-order valence-electron chi connectivity index (χ4n) is 2.37. The summed E-state index contributed by atoms with van der Waals surface area (Å²) in [5, 5.41) is 2.94. The average molecular weight is 268 g/mol. The SMILES string of the molecule is COc1ccc(C2(C(=O)Nc3cccnc3)CC2)cc1. The second kappa shape index (κ2) is 4.96. The highest BCUT2D eigenvalue weighted by molar-refractivity contribution is 6.01. The van der Waals surface area contributed by atoms with Crippen molar-refractivity contribution in [2.75, 3.05) is 12.4 Å². The molecule has 1 N–H and O–H groups in total. The third-order valence-electron chi connectivity index (χ3n) is 3.75. The molecule has 1 saturated carbocycles. The molecule has 0 spiro atoms. The van der Waals surface area contributed by atoms with Gasteiger partial charge in [-0.25, -0.2) is 0 Å². The lowest BCUT2D eigenvalue weighted by molar-refractivity contribution is -0.118. The minimum absolute atomic E-state index is 0.0377. The molecule has 3 rings (SSSR count). The van der Waals surface area contributed by atoms with Crippen molar-refractivity contribution in [1.29, 1.82) is 0 Å². The second-order valence-electron chi connectivity index (χ2n) is 5.01. The van der Waals surface area contributed by atoms with Gasteiger partial charge in [-0.1, -0.05) is 12.1 Å². The van der Waals surface area contributed by atoms with Crippen molar-refractivity contribution in [3.05, 3.63) is 54.4 Å². The molecule has 1 aliphatic carbocycles. The molecule has 4 heteroatoms. The number of nitrogens with zero attached hydrogens (tertiary/aromatic N) is 1. The Morgan fingerprint density at radius 2 is 2.00 bits per heavy atom. The zero-order valence-electron chi connectivity index (χ0n) is 11.3. The van der Waals surface area contributed by atoms with Crippen molar-refractivity contribution in [2.24, 2.45) is 0 Å². The first-order chi connectivity index (χ1) is 9.74. The van der Waals surface area contributed by atoms with Crippen molar-refractivity contribution in [3.8, 4) is 5.75 Å². The summed E-state index contributed by atoms with van der Waals surface area (Å²) < 4.78 is 5.15. The average Bonchev–Trinajstić information content (AvgIpc) is 3.30. The molecule has 0 atom stereocenters. The van der Waals surface area contributed by atoms with Crippen LogP contribution in [0.1, 0.15) is 18.4 Å². The van der Waals surface area contributed by atoms with E-state index in [1.165, 1.54) is 0 Å². The van der Waals surface area contributed by atoms with E-state index in [1.807, 2.05) is 36.4 Å². The van der Waals surface area contributed by atoms with Crippen molar-refractivity contribution in [1.82, 2.24) is 4.98 Å². The second-order valence-corrected chi connectivity index (χ2v) is 5.01. The third kappa shape index (κ3) is 2.25. The van der Waals surface area contributed by atoms with Crippen LogP contribution in [0.25, 0.3) is 0 Å². The van der Waals surface area contributed by atoms with Gasteiger partial charge in [-0.05, 0) is 42.7 Å². The maximum Gasteiger partial charge on any atom is 0.235 e. The zero-order valence-corrected chi connectivity index (χ0v) is 11.3. The summed E-state index contributed by atoms with van der Waals surface area (Å²) in [6.07, 6.45) is 5.10. The Labute approximate surface area is 117 Å². The predicted molar refractivity (Wildman–Crippen MR) is 76.8 cm³/mol. The van der Waals surface area contributed by atoms with Crippen LogP contribution in [0.4, 0.5) is 5.69 Å². The fourth-order valence-corrected chi connectivity index (χ4v) is 2.37. The number of pyridine rings is 1. The Morgan fingerprint density at radius 1 is 1.25 bits per heavy atom. The Balaban J connectivity index is 1.79. The Kier molecular flexibility index (Phi) is 3.14.